The molecule has 0 aliphatic rings. The molecule has 1 aromatic heterocycles. The lowest BCUT2D eigenvalue weighted by Crippen LogP contribution is -2.28. The summed E-state index contributed by atoms with van der Waals surface area (Å²) in [4.78, 5) is 7.08. The molecule has 7 nitrogen and oxygen atoms in total. The van der Waals surface area contributed by atoms with E-state index in [-0.39, 0.29) is 11.5 Å². The Balaban J connectivity index is 2.45. The monoisotopic (exact) mass is 368 g/mol. The summed E-state index contributed by atoms with van der Waals surface area (Å²) >= 11 is 0. The summed E-state index contributed by atoms with van der Waals surface area (Å²) in [5.41, 5.74) is 1.61. The molecule has 8 heteroatoms. The second-order valence-electron chi connectivity index (χ2n) is 6.21. The summed E-state index contributed by atoms with van der Waals surface area (Å²) in [5.74, 6) is 0.888. The minimum Gasteiger partial charge on any atom is -0.395 e. The molecule has 0 unspecified atom stereocenters. The van der Waals surface area contributed by atoms with Crippen LogP contribution in [0.3, 0.4) is 0 Å². The number of fused-ring (bicyclic) bond motifs is 1. The number of hydrogen-bond acceptors (Lipinski definition) is 5. The fraction of sp³-hybridized carbons (Fsp3) is 0.588. The van der Waals surface area contributed by atoms with Gasteiger partial charge in [0.15, 0.2) is 0 Å². The van der Waals surface area contributed by atoms with E-state index in [9.17, 15) is 13.5 Å². The third kappa shape index (κ3) is 4.20. The van der Waals surface area contributed by atoms with Crippen LogP contribution in [0.1, 0.15) is 26.1 Å². The van der Waals surface area contributed by atoms with Crippen molar-refractivity contribution in [3.05, 3.63) is 24.0 Å². The van der Waals surface area contributed by atoms with Crippen molar-refractivity contribution in [2.24, 2.45) is 0 Å². The minimum absolute atomic E-state index is 0.109. The number of sulfonamides is 1. The van der Waals surface area contributed by atoms with Crippen LogP contribution in [0.5, 0.6) is 0 Å². The molecule has 0 amide bonds. The third-order valence-corrected chi connectivity index (χ3v) is 6.03. The van der Waals surface area contributed by atoms with Crippen molar-refractivity contribution >= 4 is 21.1 Å². The average molecular weight is 369 g/mol. The van der Waals surface area contributed by atoms with Crippen LogP contribution < -0.4 is 0 Å². The van der Waals surface area contributed by atoms with E-state index in [0.717, 1.165) is 30.9 Å². The molecule has 0 radical (unpaired) electrons. The third-order valence-electron chi connectivity index (χ3n) is 4.21. The van der Waals surface area contributed by atoms with Crippen molar-refractivity contribution in [3.8, 4) is 0 Å². The van der Waals surface area contributed by atoms with E-state index in [0.29, 0.717) is 18.6 Å². The van der Waals surface area contributed by atoms with Gasteiger partial charge >= 0.3 is 0 Å². The van der Waals surface area contributed by atoms with Crippen molar-refractivity contribution < 1.29 is 13.5 Å². The molecule has 0 aliphatic heterocycles. The molecule has 0 atom stereocenters. The van der Waals surface area contributed by atoms with Gasteiger partial charge in [0, 0.05) is 27.2 Å². The lowest BCUT2D eigenvalue weighted by molar-refractivity contribution is 0.186. The summed E-state index contributed by atoms with van der Waals surface area (Å²) in [5, 5.41) is 9.25. The van der Waals surface area contributed by atoms with E-state index < -0.39 is 10.0 Å². The zero-order valence-electron chi connectivity index (χ0n) is 15.4. The van der Waals surface area contributed by atoms with Gasteiger partial charge in [-0.3, -0.25) is 4.90 Å². The number of nitrogens with zero attached hydrogens (tertiary/aromatic N) is 4. The Hall–Kier alpha value is -1.48. The Kier molecular flexibility index (Phi) is 6.56. The molecule has 0 saturated heterocycles. The lowest BCUT2D eigenvalue weighted by atomic mass is 10.3. The molecule has 0 aliphatic carbocycles. The summed E-state index contributed by atoms with van der Waals surface area (Å²) in [6, 6.07) is 5.09. The second kappa shape index (κ2) is 8.27. The molecule has 2 aromatic rings. The highest BCUT2D eigenvalue weighted by molar-refractivity contribution is 7.89. The van der Waals surface area contributed by atoms with E-state index in [1.165, 1.54) is 18.4 Å². The van der Waals surface area contributed by atoms with Gasteiger partial charge in [-0.1, -0.05) is 6.92 Å². The van der Waals surface area contributed by atoms with Crippen LogP contribution in [0, 0.1) is 0 Å². The SMILES string of the molecule is CCCN(CCO)Cc1nc2cc(S(=O)(=O)N(C)C)ccc2n1CC. The van der Waals surface area contributed by atoms with Crippen molar-refractivity contribution in [1.82, 2.24) is 18.8 Å². The van der Waals surface area contributed by atoms with E-state index in [4.69, 9.17) is 0 Å². The first kappa shape index (κ1) is 19.8. The fourth-order valence-corrected chi connectivity index (χ4v) is 3.85. The summed E-state index contributed by atoms with van der Waals surface area (Å²) in [7, 11) is -0.436. The van der Waals surface area contributed by atoms with Crippen LogP contribution in [0.25, 0.3) is 11.0 Å². The van der Waals surface area contributed by atoms with Crippen molar-refractivity contribution in [2.45, 2.75) is 38.3 Å². The topological polar surface area (TPSA) is 78.7 Å². The summed E-state index contributed by atoms with van der Waals surface area (Å²) in [6.07, 6.45) is 0.998. The standard InChI is InChI=1S/C17H28N4O3S/c1-5-9-20(10-11-22)13-17-18-15-12-14(25(23,24)19(3)4)7-8-16(15)21(17)6-2/h7-8,12,22H,5-6,9-11,13H2,1-4H3. The smallest absolute Gasteiger partial charge is 0.242 e. The molecule has 0 bridgehead atoms. The van der Waals surface area contributed by atoms with Gasteiger partial charge in [-0.25, -0.2) is 17.7 Å². The molecule has 25 heavy (non-hydrogen) atoms. The molecule has 2 rings (SSSR count). The molecular weight excluding hydrogens is 340 g/mol. The fourth-order valence-electron chi connectivity index (χ4n) is 2.93. The molecule has 0 spiro atoms. The predicted molar refractivity (Wildman–Crippen MR) is 98.9 cm³/mol. The Labute approximate surface area is 149 Å². The quantitative estimate of drug-likeness (QED) is 0.726. The number of aryl methyl sites for hydroxylation is 1. The van der Waals surface area contributed by atoms with Crippen molar-refractivity contribution in [1.29, 1.82) is 0 Å². The number of benzene rings is 1. The lowest BCUT2D eigenvalue weighted by Gasteiger charge is -2.20. The first-order valence-corrected chi connectivity index (χ1v) is 10.0. The van der Waals surface area contributed by atoms with E-state index >= 15 is 0 Å². The van der Waals surface area contributed by atoms with Crippen LogP contribution in [-0.2, 0) is 23.1 Å². The van der Waals surface area contributed by atoms with Gasteiger partial charge in [-0.2, -0.15) is 0 Å². The van der Waals surface area contributed by atoms with Gasteiger partial charge in [0.05, 0.1) is 29.1 Å². The highest BCUT2D eigenvalue weighted by Gasteiger charge is 2.20. The molecule has 1 N–H and O–H groups in total. The second-order valence-corrected chi connectivity index (χ2v) is 8.36. The van der Waals surface area contributed by atoms with Gasteiger partial charge in [0.2, 0.25) is 10.0 Å². The van der Waals surface area contributed by atoms with Crippen LogP contribution >= 0.6 is 0 Å². The first-order chi connectivity index (χ1) is 11.8. The largest absolute Gasteiger partial charge is 0.395 e. The van der Waals surface area contributed by atoms with Gasteiger partial charge in [0.25, 0.3) is 0 Å². The van der Waals surface area contributed by atoms with Crippen LogP contribution in [0.4, 0.5) is 0 Å². The maximum absolute atomic E-state index is 12.3. The van der Waals surface area contributed by atoms with Gasteiger partial charge in [0.1, 0.15) is 5.82 Å². The zero-order chi connectivity index (χ0) is 18.6. The maximum atomic E-state index is 12.3. The number of rotatable bonds is 9. The highest BCUT2D eigenvalue weighted by Crippen LogP contribution is 2.22. The number of aromatic nitrogens is 2. The first-order valence-electron chi connectivity index (χ1n) is 8.60. The molecular formula is C17H28N4O3S. The highest BCUT2D eigenvalue weighted by atomic mass is 32.2. The Morgan fingerprint density at radius 2 is 1.92 bits per heavy atom. The number of aliphatic hydroxyl groups excluding tert-OH is 1. The van der Waals surface area contributed by atoms with Gasteiger partial charge in [-0.05, 0) is 38.1 Å². The van der Waals surface area contributed by atoms with Crippen LogP contribution in [0.2, 0.25) is 0 Å². The molecule has 0 fully saturated rings. The van der Waals surface area contributed by atoms with Crippen molar-refractivity contribution in [3.63, 3.8) is 0 Å². The summed E-state index contributed by atoms with van der Waals surface area (Å²) < 4.78 is 28.0. The maximum Gasteiger partial charge on any atom is 0.242 e. The Morgan fingerprint density at radius 3 is 2.48 bits per heavy atom. The molecule has 0 saturated carbocycles. The molecule has 1 heterocycles. The van der Waals surface area contributed by atoms with Gasteiger partial charge < -0.3 is 9.67 Å². The number of imidazole rings is 1. The number of hydrogen-bond donors (Lipinski definition) is 1. The number of aliphatic hydroxyl groups is 1. The van der Waals surface area contributed by atoms with E-state index in [1.54, 1.807) is 12.1 Å². The Bertz CT molecular complexity index is 809. The van der Waals surface area contributed by atoms with Gasteiger partial charge in [-0.15, -0.1) is 0 Å². The van der Waals surface area contributed by atoms with E-state index in [1.807, 2.05) is 13.0 Å². The van der Waals surface area contributed by atoms with E-state index in [2.05, 4.69) is 21.4 Å². The molecule has 1 aromatic carbocycles. The summed E-state index contributed by atoms with van der Waals surface area (Å²) in [6.45, 7) is 7.13. The predicted octanol–water partition coefficient (Wildman–Crippen LogP) is 1.51. The Morgan fingerprint density at radius 1 is 1.20 bits per heavy atom. The zero-order valence-corrected chi connectivity index (χ0v) is 16.3. The minimum atomic E-state index is -3.48. The van der Waals surface area contributed by atoms with Crippen molar-refractivity contribution in [2.75, 3.05) is 33.8 Å². The van der Waals surface area contributed by atoms with Crippen LogP contribution in [-0.4, -0.2) is 66.1 Å². The average Bonchev–Trinajstić information content (AvgIpc) is 2.91. The molecule has 140 valence electrons. The van der Waals surface area contributed by atoms with Crippen LogP contribution in [0.15, 0.2) is 23.1 Å². The normalized spacial score (nSPS) is 12.6.